The number of nitrogens with one attached hydrogen (secondary N) is 2. The van der Waals surface area contributed by atoms with E-state index in [2.05, 4.69) is 5.32 Å². The zero-order valence-corrected chi connectivity index (χ0v) is 13.5. The highest BCUT2D eigenvalue weighted by molar-refractivity contribution is 5.94. The van der Waals surface area contributed by atoms with Crippen LogP contribution in [0, 0.1) is 0 Å². The summed E-state index contributed by atoms with van der Waals surface area (Å²) >= 11 is 0. The minimum absolute atomic E-state index is 0.0767. The van der Waals surface area contributed by atoms with Crippen molar-refractivity contribution in [2.75, 3.05) is 11.9 Å². The molecule has 0 fully saturated rings. The summed E-state index contributed by atoms with van der Waals surface area (Å²) < 4.78 is 0. The molecule has 0 saturated carbocycles. The van der Waals surface area contributed by atoms with Crippen LogP contribution in [0.2, 0.25) is 0 Å². The Bertz CT molecular complexity index is 652. The van der Waals surface area contributed by atoms with Crippen LogP contribution in [0.3, 0.4) is 0 Å². The first-order valence-corrected chi connectivity index (χ1v) is 7.77. The van der Waals surface area contributed by atoms with Gasteiger partial charge >= 0.3 is 0 Å². The second kappa shape index (κ2) is 8.26. The fraction of sp³-hybridized carbons (Fsp3) is 0.353. The first kappa shape index (κ1) is 17.7. The number of hydroxylamine groups is 1. The Balaban J connectivity index is 1.95. The molecule has 7 heteroatoms. The lowest BCUT2D eigenvalue weighted by atomic mass is 10.0. The topological polar surface area (TPSA) is 98.7 Å². The van der Waals surface area contributed by atoms with Gasteiger partial charge in [-0.1, -0.05) is 18.2 Å². The molecular weight excluding hydrogens is 310 g/mol. The summed E-state index contributed by atoms with van der Waals surface area (Å²) in [7, 11) is 0. The van der Waals surface area contributed by atoms with Crippen molar-refractivity contribution in [2.24, 2.45) is 0 Å². The molecule has 0 aromatic heterocycles. The van der Waals surface area contributed by atoms with Crippen LogP contribution < -0.4 is 10.8 Å². The molecule has 1 heterocycles. The molecule has 3 amide bonds. The second-order valence-corrected chi connectivity index (χ2v) is 5.66. The molecule has 7 nitrogen and oxygen atoms in total. The summed E-state index contributed by atoms with van der Waals surface area (Å²) in [4.78, 5) is 36.3. The number of carbonyl (C=O) groups excluding carboxylic acids is 3. The molecule has 0 bridgehead atoms. The van der Waals surface area contributed by atoms with E-state index < -0.39 is 5.91 Å². The van der Waals surface area contributed by atoms with Crippen LogP contribution in [0.25, 0.3) is 0 Å². The van der Waals surface area contributed by atoms with Crippen LogP contribution in [0.1, 0.15) is 31.7 Å². The first-order chi connectivity index (χ1) is 11.5. The fourth-order valence-electron chi connectivity index (χ4n) is 2.57. The average molecular weight is 331 g/mol. The normalized spacial score (nSPS) is 14.2. The summed E-state index contributed by atoms with van der Waals surface area (Å²) in [5, 5.41) is 11.2. The number of benzene rings is 1. The van der Waals surface area contributed by atoms with Gasteiger partial charge in [0, 0.05) is 37.7 Å². The SMILES string of the molecule is CC(=O)Nc1ccc(CN2CCC=C(CCC(=O)NO)C2=O)cc1. The van der Waals surface area contributed by atoms with E-state index in [0.717, 1.165) is 12.0 Å². The zero-order chi connectivity index (χ0) is 17.5. The summed E-state index contributed by atoms with van der Waals surface area (Å²) in [6.07, 6.45) is 2.98. The lowest BCUT2D eigenvalue weighted by molar-refractivity contribution is -0.129. The van der Waals surface area contributed by atoms with E-state index in [1.165, 1.54) is 6.92 Å². The number of hydrogen-bond acceptors (Lipinski definition) is 4. The highest BCUT2D eigenvalue weighted by Crippen LogP contribution is 2.19. The van der Waals surface area contributed by atoms with E-state index >= 15 is 0 Å². The van der Waals surface area contributed by atoms with Gasteiger partial charge in [-0.2, -0.15) is 0 Å². The Hall–Kier alpha value is -2.67. The molecule has 1 aliphatic rings. The number of amides is 3. The molecule has 0 spiro atoms. The smallest absolute Gasteiger partial charge is 0.249 e. The second-order valence-electron chi connectivity index (χ2n) is 5.66. The number of nitrogens with zero attached hydrogens (tertiary/aromatic N) is 1. The summed E-state index contributed by atoms with van der Waals surface area (Å²) in [5.74, 6) is -0.719. The predicted octanol–water partition coefficient (Wildman–Crippen LogP) is 1.59. The minimum Gasteiger partial charge on any atom is -0.334 e. The van der Waals surface area contributed by atoms with Crippen LogP contribution in [-0.2, 0) is 20.9 Å². The van der Waals surface area contributed by atoms with E-state index in [4.69, 9.17) is 5.21 Å². The molecule has 3 N–H and O–H groups in total. The monoisotopic (exact) mass is 331 g/mol. The van der Waals surface area contributed by atoms with Gasteiger partial charge in [0.05, 0.1) is 0 Å². The van der Waals surface area contributed by atoms with Gasteiger partial charge in [-0.25, -0.2) is 5.48 Å². The van der Waals surface area contributed by atoms with Gasteiger partial charge in [-0.05, 0) is 30.5 Å². The van der Waals surface area contributed by atoms with Crippen molar-refractivity contribution in [3.05, 3.63) is 41.5 Å². The maximum absolute atomic E-state index is 12.4. The van der Waals surface area contributed by atoms with Gasteiger partial charge in [0.25, 0.3) is 0 Å². The van der Waals surface area contributed by atoms with Crippen LogP contribution >= 0.6 is 0 Å². The fourth-order valence-corrected chi connectivity index (χ4v) is 2.57. The van der Waals surface area contributed by atoms with E-state index in [1.54, 1.807) is 22.5 Å². The molecule has 0 unspecified atom stereocenters. The van der Waals surface area contributed by atoms with Crippen molar-refractivity contribution in [1.82, 2.24) is 10.4 Å². The van der Waals surface area contributed by atoms with E-state index in [-0.39, 0.29) is 18.2 Å². The van der Waals surface area contributed by atoms with Crippen LogP contribution in [0.15, 0.2) is 35.9 Å². The molecule has 1 aliphatic heterocycles. The van der Waals surface area contributed by atoms with Crippen molar-refractivity contribution in [3.63, 3.8) is 0 Å². The van der Waals surface area contributed by atoms with Crippen LogP contribution in [0.4, 0.5) is 5.69 Å². The maximum atomic E-state index is 12.4. The molecule has 0 radical (unpaired) electrons. The Labute approximate surface area is 140 Å². The Morgan fingerprint density at radius 3 is 2.58 bits per heavy atom. The molecular formula is C17H21N3O4. The number of carbonyl (C=O) groups is 3. The first-order valence-electron chi connectivity index (χ1n) is 7.77. The van der Waals surface area contributed by atoms with Gasteiger partial charge in [-0.15, -0.1) is 0 Å². The van der Waals surface area contributed by atoms with Gasteiger partial charge in [0.1, 0.15) is 0 Å². The van der Waals surface area contributed by atoms with Crippen LogP contribution in [0.5, 0.6) is 0 Å². The van der Waals surface area contributed by atoms with Gasteiger partial charge in [0.15, 0.2) is 0 Å². The van der Waals surface area contributed by atoms with Gasteiger partial charge < -0.3 is 10.2 Å². The van der Waals surface area contributed by atoms with Crippen molar-refractivity contribution in [2.45, 2.75) is 32.7 Å². The minimum atomic E-state index is -0.505. The van der Waals surface area contributed by atoms with Crippen molar-refractivity contribution < 1.29 is 19.6 Å². The third kappa shape index (κ3) is 4.92. The quantitative estimate of drug-likeness (QED) is 0.544. The molecule has 24 heavy (non-hydrogen) atoms. The van der Waals surface area contributed by atoms with E-state index in [0.29, 0.717) is 30.8 Å². The number of anilines is 1. The molecule has 0 saturated heterocycles. The summed E-state index contributed by atoms with van der Waals surface area (Å²) in [6, 6.07) is 7.34. The third-order valence-electron chi connectivity index (χ3n) is 3.75. The molecule has 1 aromatic rings. The Morgan fingerprint density at radius 1 is 1.25 bits per heavy atom. The van der Waals surface area contributed by atoms with Gasteiger partial charge in [0.2, 0.25) is 17.7 Å². The van der Waals surface area contributed by atoms with Gasteiger partial charge in [-0.3, -0.25) is 19.6 Å². The molecule has 1 aromatic carbocycles. The van der Waals surface area contributed by atoms with Crippen LogP contribution in [-0.4, -0.2) is 34.4 Å². The lowest BCUT2D eigenvalue weighted by Crippen LogP contribution is -2.35. The average Bonchev–Trinajstić information content (AvgIpc) is 2.56. The molecule has 0 aliphatic carbocycles. The molecule has 2 rings (SSSR count). The number of rotatable bonds is 6. The highest BCUT2D eigenvalue weighted by atomic mass is 16.5. The summed E-state index contributed by atoms with van der Waals surface area (Å²) in [6.45, 7) is 2.55. The van der Waals surface area contributed by atoms with Crippen molar-refractivity contribution in [1.29, 1.82) is 0 Å². The number of hydrogen-bond donors (Lipinski definition) is 3. The van der Waals surface area contributed by atoms with Crippen molar-refractivity contribution in [3.8, 4) is 0 Å². The Kier molecular flexibility index (Phi) is 6.08. The lowest BCUT2D eigenvalue weighted by Gasteiger charge is -2.27. The standard InChI is InChI=1S/C17H21N3O4/c1-12(21)18-15-7-4-13(5-8-15)11-20-10-2-3-14(17(20)23)6-9-16(22)19-24/h3-5,7-8,24H,2,6,9-11H2,1H3,(H,18,21)(H,19,22). The molecule has 128 valence electrons. The van der Waals surface area contributed by atoms with E-state index in [9.17, 15) is 14.4 Å². The predicted molar refractivity (Wildman–Crippen MR) is 88.0 cm³/mol. The summed E-state index contributed by atoms with van der Waals surface area (Å²) in [5.41, 5.74) is 3.84. The third-order valence-corrected chi connectivity index (χ3v) is 3.75. The highest BCUT2D eigenvalue weighted by Gasteiger charge is 2.22. The molecule has 0 atom stereocenters. The van der Waals surface area contributed by atoms with E-state index in [1.807, 2.05) is 18.2 Å². The van der Waals surface area contributed by atoms with Crippen molar-refractivity contribution >= 4 is 23.4 Å². The largest absolute Gasteiger partial charge is 0.334 e. The zero-order valence-electron chi connectivity index (χ0n) is 13.5. The Morgan fingerprint density at radius 2 is 1.96 bits per heavy atom. The maximum Gasteiger partial charge on any atom is 0.249 e.